The second kappa shape index (κ2) is 7.24. The zero-order valence-corrected chi connectivity index (χ0v) is 15.3. The number of fused-ring (bicyclic) bond motifs is 1. The van der Waals surface area contributed by atoms with Crippen molar-refractivity contribution in [2.24, 2.45) is 0 Å². The number of rotatable bonds is 4. The monoisotopic (exact) mass is 403 g/mol. The van der Waals surface area contributed by atoms with Crippen LogP contribution >= 0.6 is 27.5 Å². The highest BCUT2D eigenvalue weighted by Gasteiger charge is 2.16. The quantitative estimate of drug-likeness (QED) is 0.609. The second-order valence-corrected chi connectivity index (χ2v) is 6.62. The Labute approximate surface area is 153 Å². The van der Waals surface area contributed by atoms with Crippen molar-refractivity contribution in [3.05, 3.63) is 70.2 Å². The maximum absolute atomic E-state index is 12.4. The summed E-state index contributed by atoms with van der Waals surface area (Å²) in [5.41, 5.74) is 0.626. The molecule has 0 radical (unpaired) electrons. The number of nitrogens with one attached hydrogen (secondary N) is 1. The van der Waals surface area contributed by atoms with Crippen molar-refractivity contribution in [2.45, 2.75) is 13.0 Å². The smallest absolute Gasteiger partial charge is 0.265 e. The van der Waals surface area contributed by atoms with Gasteiger partial charge < -0.3 is 10.1 Å². The minimum atomic E-state index is -0.641. The van der Waals surface area contributed by atoms with Crippen molar-refractivity contribution in [1.82, 2.24) is 0 Å². The molecule has 0 saturated carbocycles. The van der Waals surface area contributed by atoms with Crippen LogP contribution in [0.15, 0.2) is 65.1 Å². The van der Waals surface area contributed by atoms with E-state index >= 15 is 0 Å². The third-order valence-corrected chi connectivity index (χ3v) is 4.84. The van der Waals surface area contributed by atoms with Crippen LogP contribution in [0.25, 0.3) is 10.8 Å². The van der Waals surface area contributed by atoms with Gasteiger partial charge in [0.25, 0.3) is 5.91 Å². The van der Waals surface area contributed by atoms with Crippen LogP contribution < -0.4 is 10.1 Å². The Bertz CT molecular complexity index is 892. The number of carbonyl (C=O) groups excluding carboxylic acids is 1. The van der Waals surface area contributed by atoms with E-state index in [9.17, 15) is 4.79 Å². The third kappa shape index (κ3) is 3.71. The summed E-state index contributed by atoms with van der Waals surface area (Å²) in [7, 11) is 0. The molecule has 0 aliphatic rings. The van der Waals surface area contributed by atoms with Gasteiger partial charge in [-0.15, -0.1) is 0 Å². The Morgan fingerprint density at radius 1 is 1.12 bits per heavy atom. The third-order valence-electron chi connectivity index (χ3n) is 3.61. The summed E-state index contributed by atoms with van der Waals surface area (Å²) in [5, 5.41) is 5.40. The number of hydrogen-bond donors (Lipinski definition) is 1. The first-order chi connectivity index (χ1) is 11.5. The zero-order valence-electron chi connectivity index (χ0n) is 12.9. The number of halogens is 2. The lowest BCUT2D eigenvalue weighted by Crippen LogP contribution is -2.30. The molecule has 3 nitrogen and oxygen atoms in total. The number of amides is 1. The van der Waals surface area contributed by atoms with Gasteiger partial charge >= 0.3 is 0 Å². The van der Waals surface area contributed by atoms with Crippen LogP contribution in [0.4, 0.5) is 5.69 Å². The van der Waals surface area contributed by atoms with E-state index in [0.29, 0.717) is 16.5 Å². The number of hydrogen-bond acceptors (Lipinski definition) is 2. The standard InChI is InChI=1S/C19H15BrClNO2/c1-12(19(23)22-14-9-10-16(20)17(21)11-14)24-18-8-4-6-13-5-2-3-7-15(13)18/h2-12H,1H3,(H,22,23)/t12-/m1/s1. The number of carbonyl (C=O) groups is 1. The minimum absolute atomic E-state index is 0.235. The fourth-order valence-electron chi connectivity index (χ4n) is 2.36. The lowest BCUT2D eigenvalue weighted by atomic mass is 10.1. The van der Waals surface area contributed by atoms with Gasteiger partial charge in [0.05, 0.1) is 5.02 Å². The van der Waals surface area contributed by atoms with Gasteiger partial charge in [-0.05, 0) is 52.5 Å². The van der Waals surface area contributed by atoms with Gasteiger partial charge in [0.1, 0.15) is 5.75 Å². The minimum Gasteiger partial charge on any atom is -0.480 e. The molecule has 0 fully saturated rings. The summed E-state index contributed by atoms with van der Waals surface area (Å²) in [6.07, 6.45) is -0.641. The molecule has 1 amide bonds. The Hall–Kier alpha value is -2.04. The topological polar surface area (TPSA) is 38.3 Å². The SMILES string of the molecule is C[C@@H](Oc1cccc2ccccc12)C(=O)Nc1ccc(Br)c(Cl)c1. The molecule has 0 aliphatic heterocycles. The normalized spacial score (nSPS) is 12.0. The van der Waals surface area contributed by atoms with E-state index in [4.69, 9.17) is 16.3 Å². The van der Waals surface area contributed by atoms with Crippen molar-refractivity contribution in [3.8, 4) is 5.75 Å². The predicted octanol–water partition coefficient (Wildman–Crippen LogP) is 5.66. The summed E-state index contributed by atoms with van der Waals surface area (Å²) in [6.45, 7) is 1.72. The van der Waals surface area contributed by atoms with Crippen LogP contribution in [0, 0.1) is 0 Å². The first-order valence-electron chi connectivity index (χ1n) is 7.45. The molecule has 122 valence electrons. The molecule has 0 spiro atoms. The molecular formula is C19H15BrClNO2. The van der Waals surface area contributed by atoms with Crippen molar-refractivity contribution in [2.75, 3.05) is 5.32 Å². The van der Waals surface area contributed by atoms with Gasteiger partial charge in [0, 0.05) is 15.5 Å². The summed E-state index contributed by atoms with van der Waals surface area (Å²) in [5.74, 6) is 0.450. The van der Waals surface area contributed by atoms with Crippen molar-refractivity contribution in [1.29, 1.82) is 0 Å². The van der Waals surface area contributed by atoms with Crippen LogP contribution in [-0.4, -0.2) is 12.0 Å². The first kappa shape index (κ1) is 16.8. The van der Waals surface area contributed by atoms with E-state index in [1.807, 2.05) is 42.5 Å². The van der Waals surface area contributed by atoms with Crippen LogP contribution in [0.2, 0.25) is 5.02 Å². The summed E-state index contributed by atoms with van der Waals surface area (Å²) in [6, 6.07) is 18.9. The number of anilines is 1. The Kier molecular flexibility index (Phi) is 5.07. The molecule has 3 aromatic rings. The number of ether oxygens (including phenoxy) is 1. The first-order valence-corrected chi connectivity index (χ1v) is 8.62. The molecule has 1 atom stereocenters. The van der Waals surface area contributed by atoms with E-state index in [0.717, 1.165) is 15.2 Å². The molecule has 5 heteroatoms. The lowest BCUT2D eigenvalue weighted by molar-refractivity contribution is -0.122. The molecule has 3 aromatic carbocycles. The molecule has 1 N–H and O–H groups in total. The van der Waals surface area contributed by atoms with Gasteiger partial charge in [0.15, 0.2) is 6.10 Å². The van der Waals surface area contributed by atoms with E-state index in [1.54, 1.807) is 25.1 Å². The number of benzene rings is 3. The molecule has 24 heavy (non-hydrogen) atoms. The van der Waals surface area contributed by atoms with Crippen molar-refractivity contribution >= 4 is 49.9 Å². The van der Waals surface area contributed by atoms with Crippen LogP contribution in [-0.2, 0) is 4.79 Å². The van der Waals surface area contributed by atoms with E-state index in [1.165, 1.54) is 0 Å². The van der Waals surface area contributed by atoms with Crippen LogP contribution in [0.3, 0.4) is 0 Å². The van der Waals surface area contributed by atoms with Gasteiger partial charge in [0.2, 0.25) is 0 Å². The second-order valence-electron chi connectivity index (χ2n) is 5.36. The van der Waals surface area contributed by atoms with Crippen LogP contribution in [0.5, 0.6) is 5.75 Å². The Morgan fingerprint density at radius 2 is 1.88 bits per heavy atom. The largest absolute Gasteiger partial charge is 0.480 e. The molecule has 0 unspecified atom stereocenters. The summed E-state index contributed by atoms with van der Waals surface area (Å²) < 4.78 is 6.64. The fourth-order valence-corrected chi connectivity index (χ4v) is 2.79. The van der Waals surface area contributed by atoms with Gasteiger partial charge in [-0.3, -0.25) is 4.79 Å². The zero-order chi connectivity index (χ0) is 17.1. The van der Waals surface area contributed by atoms with Gasteiger partial charge in [-0.25, -0.2) is 0 Å². The molecule has 0 saturated heterocycles. The lowest BCUT2D eigenvalue weighted by Gasteiger charge is -2.16. The van der Waals surface area contributed by atoms with Gasteiger partial charge in [-0.2, -0.15) is 0 Å². The highest BCUT2D eigenvalue weighted by atomic mass is 79.9. The van der Waals surface area contributed by atoms with Crippen molar-refractivity contribution in [3.63, 3.8) is 0 Å². The van der Waals surface area contributed by atoms with E-state index in [2.05, 4.69) is 21.2 Å². The molecular weight excluding hydrogens is 390 g/mol. The predicted molar refractivity (Wildman–Crippen MR) is 102 cm³/mol. The molecule has 0 aliphatic carbocycles. The maximum atomic E-state index is 12.4. The Morgan fingerprint density at radius 3 is 2.67 bits per heavy atom. The highest BCUT2D eigenvalue weighted by molar-refractivity contribution is 9.10. The molecule has 0 aromatic heterocycles. The fraction of sp³-hybridized carbons (Fsp3) is 0.105. The molecule has 3 rings (SSSR count). The molecule has 0 bridgehead atoms. The highest BCUT2D eigenvalue weighted by Crippen LogP contribution is 2.27. The summed E-state index contributed by atoms with van der Waals surface area (Å²) in [4.78, 5) is 12.4. The van der Waals surface area contributed by atoms with Crippen molar-refractivity contribution < 1.29 is 9.53 Å². The van der Waals surface area contributed by atoms with E-state index < -0.39 is 6.10 Å². The average molecular weight is 405 g/mol. The van der Waals surface area contributed by atoms with E-state index in [-0.39, 0.29) is 5.91 Å². The Balaban J connectivity index is 1.75. The van der Waals surface area contributed by atoms with Gasteiger partial charge in [-0.1, -0.05) is 48.0 Å². The average Bonchev–Trinajstić information content (AvgIpc) is 2.58. The maximum Gasteiger partial charge on any atom is 0.265 e. The van der Waals surface area contributed by atoms with Crippen LogP contribution in [0.1, 0.15) is 6.92 Å². The summed E-state index contributed by atoms with van der Waals surface area (Å²) >= 11 is 9.36. The molecule has 0 heterocycles.